The highest BCUT2D eigenvalue weighted by Crippen LogP contribution is 2.18. The van der Waals surface area contributed by atoms with Crippen LogP contribution in [0.5, 0.6) is 5.75 Å². The number of benzene rings is 1. The third-order valence-electron chi connectivity index (χ3n) is 4.67. The molecular formula is C22H32IN5O. The van der Waals surface area contributed by atoms with E-state index in [9.17, 15) is 0 Å². The van der Waals surface area contributed by atoms with Crippen molar-refractivity contribution in [1.29, 1.82) is 0 Å². The highest BCUT2D eigenvalue weighted by atomic mass is 127. The van der Waals surface area contributed by atoms with Crippen molar-refractivity contribution in [2.24, 2.45) is 10.7 Å². The normalized spacial score (nSPS) is 14.9. The zero-order valence-electron chi connectivity index (χ0n) is 17.3. The summed E-state index contributed by atoms with van der Waals surface area (Å²) in [4.78, 5) is 11.4. The molecule has 29 heavy (non-hydrogen) atoms. The summed E-state index contributed by atoms with van der Waals surface area (Å²) in [5, 5.41) is 3.11. The Balaban J connectivity index is 0.00000300. The highest BCUT2D eigenvalue weighted by molar-refractivity contribution is 14.0. The number of nitrogens with two attached hydrogens (primary N) is 1. The van der Waals surface area contributed by atoms with E-state index in [2.05, 4.69) is 32.3 Å². The lowest BCUT2D eigenvalue weighted by atomic mass is 10.2. The van der Waals surface area contributed by atoms with E-state index in [1.807, 2.05) is 44.3 Å². The number of nitrogens with one attached hydrogen (secondary N) is 1. The van der Waals surface area contributed by atoms with E-state index in [1.165, 1.54) is 25.7 Å². The predicted molar refractivity (Wildman–Crippen MR) is 131 cm³/mol. The molecule has 1 aromatic heterocycles. The van der Waals surface area contributed by atoms with Gasteiger partial charge in [0.2, 0.25) is 0 Å². The first-order valence-corrected chi connectivity index (χ1v) is 10.1. The van der Waals surface area contributed by atoms with Crippen LogP contribution in [0.4, 0.5) is 11.5 Å². The first kappa shape index (κ1) is 23.3. The van der Waals surface area contributed by atoms with Crippen LogP contribution in [0.1, 0.15) is 45.1 Å². The molecule has 0 unspecified atom stereocenters. The van der Waals surface area contributed by atoms with Crippen LogP contribution >= 0.6 is 24.0 Å². The third kappa shape index (κ3) is 7.72. The van der Waals surface area contributed by atoms with Gasteiger partial charge in [-0.15, -0.1) is 24.0 Å². The van der Waals surface area contributed by atoms with Gasteiger partial charge in [-0.3, -0.25) is 0 Å². The molecule has 1 aliphatic heterocycles. The van der Waals surface area contributed by atoms with Gasteiger partial charge in [0.05, 0.1) is 12.6 Å². The Kier molecular flexibility index (Phi) is 9.50. The molecular weight excluding hydrogens is 477 g/mol. The molecule has 0 aliphatic carbocycles. The molecule has 0 bridgehead atoms. The van der Waals surface area contributed by atoms with Crippen LogP contribution < -0.4 is 20.7 Å². The molecule has 3 N–H and O–H groups in total. The minimum Gasteiger partial charge on any atom is -0.491 e. The van der Waals surface area contributed by atoms with E-state index < -0.39 is 0 Å². The van der Waals surface area contributed by atoms with Gasteiger partial charge in [0.25, 0.3) is 0 Å². The van der Waals surface area contributed by atoms with Crippen LogP contribution in [-0.4, -0.2) is 30.1 Å². The largest absolute Gasteiger partial charge is 0.491 e. The SMILES string of the molecule is CC(C)Oc1ccc(NC(N)=NCc2ccc(N3CCCCCC3)nc2)cc1.I. The lowest BCUT2D eigenvalue weighted by Gasteiger charge is -2.21. The van der Waals surface area contributed by atoms with Crippen molar-refractivity contribution in [3.05, 3.63) is 48.2 Å². The Hall–Kier alpha value is -2.03. The molecule has 2 heterocycles. The Bertz CT molecular complexity index is 754. The summed E-state index contributed by atoms with van der Waals surface area (Å²) in [7, 11) is 0. The molecule has 158 valence electrons. The minimum absolute atomic E-state index is 0. The van der Waals surface area contributed by atoms with Crippen molar-refractivity contribution >= 4 is 41.4 Å². The van der Waals surface area contributed by atoms with E-state index in [0.29, 0.717) is 12.5 Å². The standard InChI is InChI=1S/C22H31N5O.HI/c1-17(2)28-20-10-8-19(9-11-20)26-22(23)25-16-18-7-12-21(24-15-18)27-13-5-3-4-6-14-27;/h7-12,15,17H,3-6,13-14,16H2,1-2H3,(H3,23,25,26);1H. The molecule has 0 spiro atoms. The molecule has 2 aromatic rings. The predicted octanol–water partition coefficient (Wildman–Crippen LogP) is 4.79. The van der Waals surface area contributed by atoms with Crippen LogP contribution in [0.15, 0.2) is 47.6 Å². The molecule has 3 rings (SSSR count). The van der Waals surface area contributed by atoms with Gasteiger partial charge in [-0.25, -0.2) is 9.98 Å². The smallest absolute Gasteiger partial charge is 0.193 e. The number of rotatable bonds is 6. The number of aromatic nitrogens is 1. The van der Waals surface area contributed by atoms with Crippen LogP contribution in [-0.2, 0) is 6.54 Å². The van der Waals surface area contributed by atoms with Crippen molar-refractivity contribution in [1.82, 2.24) is 4.98 Å². The van der Waals surface area contributed by atoms with Crippen LogP contribution in [0, 0.1) is 0 Å². The number of guanidine groups is 1. The molecule has 1 aromatic carbocycles. The number of pyridine rings is 1. The fourth-order valence-electron chi connectivity index (χ4n) is 3.25. The maximum atomic E-state index is 6.02. The van der Waals surface area contributed by atoms with Crippen LogP contribution in [0.3, 0.4) is 0 Å². The summed E-state index contributed by atoms with van der Waals surface area (Å²) in [6.45, 7) is 6.71. The van der Waals surface area contributed by atoms with E-state index in [0.717, 1.165) is 35.9 Å². The van der Waals surface area contributed by atoms with Gasteiger partial charge in [0.15, 0.2) is 5.96 Å². The Morgan fingerprint density at radius 3 is 2.38 bits per heavy atom. The molecule has 1 aliphatic rings. The molecule has 0 saturated carbocycles. The van der Waals surface area contributed by atoms with Crippen molar-refractivity contribution in [3.8, 4) is 5.75 Å². The Labute approximate surface area is 191 Å². The molecule has 7 heteroatoms. The summed E-state index contributed by atoms with van der Waals surface area (Å²) in [5.41, 5.74) is 7.94. The van der Waals surface area contributed by atoms with Crippen molar-refractivity contribution in [3.63, 3.8) is 0 Å². The molecule has 1 fully saturated rings. The van der Waals surface area contributed by atoms with Crippen molar-refractivity contribution < 1.29 is 4.74 Å². The Morgan fingerprint density at radius 1 is 1.10 bits per heavy atom. The average Bonchev–Trinajstić information content (AvgIpc) is 2.97. The van der Waals surface area contributed by atoms with Gasteiger partial charge in [0, 0.05) is 25.0 Å². The zero-order chi connectivity index (χ0) is 19.8. The Morgan fingerprint density at radius 2 is 1.79 bits per heavy atom. The molecule has 6 nitrogen and oxygen atoms in total. The first-order chi connectivity index (χ1) is 13.6. The van der Waals surface area contributed by atoms with Crippen molar-refractivity contribution in [2.45, 2.75) is 52.2 Å². The number of halogens is 1. The third-order valence-corrected chi connectivity index (χ3v) is 4.67. The van der Waals surface area contributed by atoms with Crippen molar-refractivity contribution in [2.75, 3.05) is 23.3 Å². The van der Waals surface area contributed by atoms with Gasteiger partial charge in [-0.1, -0.05) is 18.9 Å². The number of ether oxygens (including phenoxy) is 1. The molecule has 0 amide bonds. The summed E-state index contributed by atoms with van der Waals surface area (Å²) < 4.78 is 5.64. The highest BCUT2D eigenvalue weighted by Gasteiger charge is 2.10. The summed E-state index contributed by atoms with van der Waals surface area (Å²) in [6, 6.07) is 11.9. The van der Waals surface area contributed by atoms with E-state index in [1.54, 1.807) is 0 Å². The van der Waals surface area contributed by atoms with E-state index in [4.69, 9.17) is 10.5 Å². The quantitative estimate of drug-likeness (QED) is 0.333. The number of hydrogen-bond donors (Lipinski definition) is 2. The van der Waals surface area contributed by atoms with Crippen LogP contribution in [0.25, 0.3) is 0 Å². The van der Waals surface area contributed by atoms with Gasteiger partial charge in [0.1, 0.15) is 11.6 Å². The number of nitrogens with zero attached hydrogens (tertiary/aromatic N) is 3. The maximum absolute atomic E-state index is 6.02. The molecule has 1 saturated heterocycles. The van der Waals surface area contributed by atoms with Crippen LogP contribution in [0.2, 0.25) is 0 Å². The van der Waals surface area contributed by atoms with Gasteiger partial charge < -0.3 is 20.7 Å². The number of hydrogen-bond acceptors (Lipinski definition) is 4. The lowest BCUT2D eigenvalue weighted by Crippen LogP contribution is -2.24. The maximum Gasteiger partial charge on any atom is 0.193 e. The lowest BCUT2D eigenvalue weighted by molar-refractivity contribution is 0.242. The fourth-order valence-corrected chi connectivity index (χ4v) is 3.25. The first-order valence-electron chi connectivity index (χ1n) is 10.1. The second-order valence-corrected chi connectivity index (χ2v) is 7.44. The molecule has 0 radical (unpaired) electrons. The minimum atomic E-state index is 0. The van der Waals surface area contributed by atoms with E-state index in [-0.39, 0.29) is 30.1 Å². The monoisotopic (exact) mass is 509 g/mol. The second-order valence-electron chi connectivity index (χ2n) is 7.44. The van der Waals surface area contributed by atoms with Gasteiger partial charge in [-0.2, -0.15) is 0 Å². The fraction of sp³-hybridized carbons (Fsp3) is 0.455. The number of anilines is 2. The second kappa shape index (κ2) is 11.8. The van der Waals surface area contributed by atoms with Gasteiger partial charge in [-0.05, 0) is 62.6 Å². The average molecular weight is 509 g/mol. The summed E-state index contributed by atoms with van der Waals surface area (Å²) >= 11 is 0. The summed E-state index contributed by atoms with van der Waals surface area (Å²) in [6.07, 6.45) is 7.20. The number of aliphatic imine (C=N–C) groups is 1. The van der Waals surface area contributed by atoms with E-state index >= 15 is 0 Å². The zero-order valence-corrected chi connectivity index (χ0v) is 19.6. The molecule has 0 atom stereocenters. The summed E-state index contributed by atoms with van der Waals surface area (Å²) in [5.74, 6) is 2.28. The topological polar surface area (TPSA) is 75.8 Å². The van der Waals surface area contributed by atoms with Gasteiger partial charge >= 0.3 is 0 Å².